The molecule has 0 spiro atoms. The lowest BCUT2D eigenvalue weighted by atomic mass is 9.95. The van der Waals surface area contributed by atoms with Crippen LogP contribution in [0.4, 0.5) is 11.4 Å². The molecule has 1 aliphatic carbocycles. The lowest BCUT2D eigenvalue weighted by molar-refractivity contribution is -0.113. The molecule has 196 valence electrons. The molecule has 1 fully saturated rings. The summed E-state index contributed by atoms with van der Waals surface area (Å²) in [6.07, 6.45) is 6.08. The molecule has 0 saturated carbocycles. The molecule has 6 rings (SSSR count). The smallest absolute Gasteiger partial charge is 0.270 e. The molecule has 0 unspecified atom stereocenters. The van der Waals surface area contributed by atoms with Crippen molar-refractivity contribution in [3.8, 4) is 5.00 Å². The standard InChI is InChI=1S/C31H27N3O2S3/c1-19-17-21(18-26-29(36)34(31(37)39-26)23-13-7-4-8-14-23)20(2)33(19)30-27(24-15-9-10-16-25(24)38-30)28(35)32-22-11-5-3-6-12-22/h3-8,11-14,17-18H,9-10,15-16H2,1-2H3,(H,32,35)/b26-18+. The Balaban J connectivity index is 1.39. The topological polar surface area (TPSA) is 54.3 Å². The molecule has 3 heterocycles. The van der Waals surface area contributed by atoms with Gasteiger partial charge in [0.1, 0.15) is 5.00 Å². The molecule has 1 saturated heterocycles. The van der Waals surface area contributed by atoms with Gasteiger partial charge in [-0.2, -0.15) is 0 Å². The van der Waals surface area contributed by atoms with Crippen LogP contribution >= 0.6 is 35.3 Å². The number of amides is 2. The first-order valence-corrected chi connectivity index (χ1v) is 15.0. The van der Waals surface area contributed by atoms with Crippen LogP contribution in [-0.2, 0) is 17.6 Å². The van der Waals surface area contributed by atoms with E-state index in [1.54, 1.807) is 16.2 Å². The highest BCUT2D eigenvalue weighted by molar-refractivity contribution is 8.27. The zero-order chi connectivity index (χ0) is 27.1. The van der Waals surface area contributed by atoms with Crippen LogP contribution < -0.4 is 10.2 Å². The molecule has 2 aliphatic rings. The van der Waals surface area contributed by atoms with Crippen LogP contribution in [0.15, 0.2) is 71.6 Å². The first kappa shape index (κ1) is 25.8. The van der Waals surface area contributed by atoms with Gasteiger partial charge in [-0.1, -0.05) is 60.4 Å². The summed E-state index contributed by atoms with van der Waals surface area (Å²) < 4.78 is 2.70. The molecule has 2 aromatic heterocycles. The number of anilines is 2. The molecule has 1 aliphatic heterocycles. The number of nitrogens with one attached hydrogen (secondary N) is 1. The monoisotopic (exact) mass is 569 g/mol. The fraction of sp³-hybridized carbons (Fsp3) is 0.194. The molecule has 0 bridgehead atoms. The summed E-state index contributed by atoms with van der Waals surface area (Å²) in [5.41, 5.74) is 6.45. The second-order valence-electron chi connectivity index (χ2n) is 9.73. The maximum Gasteiger partial charge on any atom is 0.270 e. The quantitative estimate of drug-likeness (QED) is 0.198. The van der Waals surface area contributed by atoms with Gasteiger partial charge in [0.05, 0.1) is 16.2 Å². The summed E-state index contributed by atoms with van der Waals surface area (Å²) in [6.45, 7) is 4.10. The number of aryl methyl sites for hydroxylation is 2. The maximum atomic E-state index is 13.7. The van der Waals surface area contributed by atoms with Gasteiger partial charge in [-0.15, -0.1) is 11.3 Å². The summed E-state index contributed by atoms with van der Waals surface area (Å²) in [7, 11) is 0. The molecule has 8 heteroatoms. The van der Waals surface area contributed by atoms with Crippen LogP contribution in [0.2, 0.25) is 0 Å². The first-order valence-electron chi connectivity index (χ1n) is 13.0. The molecule has 1 N–H and O–H groups in total. The minimum Gasteiger partial charge on any atom is -0.322 e. The molecule has 0 radical (unpaired) electrons. The van der Waals surface area contributed by atoms with Gasteiger partial charge >= 0.3 is 0 Å². The Hall–Kier alpha value is -3.46. The Bertz CT molecular complexity index is 1630. The van der Waals surface area contributed by atoms with Gasteiger partial charge < -0.3 is 9.88 Å². The van der Waals surface area contributed by atoms with E-state index in [0.29, 0.717) is 9.23 Å². The Labute approximate surface area is 241 Å². The highest BCUT2D eigenvalue weighted by atomic mass is 32.2. The van der Waals surface area contributed by atoms with Crippen molar-refractivity contribution >= 4 is 68.9 Å². The number of aromatic nitrogens is 1. The second-order valence-corrected chi connectivity index (χ2v) is 12.5. The number of para-hydroxylation sites is 2. The number of rotatable bonds is 5. The second kappa shape index (κ2) is 10.6. The summed E-state index contributed by atoms with van der Waals surface area (Å²) in [5, 5.41) is 4.06. The normalized spacial score (nSPS) is 16.2. The fourth-order valence-electron chi connectivity index (χ4n) is 5.31. The first-order chi connectivity index (χ1) is 18.9. The number of fused-ring (bicyclic) bond motifs is 1. The van der Waals surface area contributed by atoms with E-state index >= 15 is 0 Å². The zero-order valence-electron chi connectivity index (χ0n) is 21.7. The van der Waals surface area contributed by atoms with Gasteiger partial charge in [-0.25, -0.2) is 0 Å². The van der Waals surface area contributed by atoms with Crippen LogP contribution in [0.5, 0.6) is 0 Å². The van der Waals surface area contributed by atoms with Crippen molar-refractivity contribution in [2.24, 2.45) is 0 Å². The lowest BCUT2D eigenvalue weighted by Gasteiger charge is -2.14. The summed E-state index contributed by atoms with van der Waals surface area (Å²) >= 11 is 8.60. The van der Waals surface area contributed by atoms with Crippen molar-refractivity contribution in [1.82, 2.24) is 4.57 Å². The van der Waals surface area contributed by atoms with E-state index in [4.69, 9.17) is 12.2 Å². The number of benzene rings is 2. The molecule has 5 nitrogen and oxygen atoms in total. The van der Waals surface area contributed by atoms with E-state index in [0.717, 1.165) is 64.6 Å². The van der Waals surface area contributed by atoms with Crippen molar-refractivity contribution in [1.29, 1.82) is 0 Å². The van der Waals surface area contributed by atoms with E-state index in [2.05, 4.69) is 22.9 Å². The highest BCUT2D eigenvalue weighted by Crippen LogP contribution is 2.41. The van der Waals surface area contributed by atoms with Crippen molar-refractivity contribution in [2.75, 3.05) is 10.2 Å². The molecular formula is C31H27N3O2S3. The highest BCUT2D eigenvalue weighted by Gasteiger charge is 2.34. The minimum absolute atomic E-state index is 0.0756. The van der Waals surface area contributed by atoms with Crippen LogP contribution in [0, 0.1) is 13.8 Å². The third-order valence-electron chi connectivity index (χ3n) is 7.18. The average molecular weight is 570 g/mol. The van der Waals surface area contributed by atoms with Crippen molar-refractivity contribution in [3.63, 3.8) is 0 Å². The average Bonchev–Trinajstić information content (AvgIpc) is 3.55. The van der Waals surface area contributed by atoms with Crippen molar-refractivity contribution in [2.45, 2.75) is 39.5 Å². The van der Waals surface area contributed by atoms with Crippen LogP contribution in [-0.4, -0.2) is 20.7 Å². The number of thioether (sulfide) groups is 1. The number of hydrogen-bond acceptors (Lipinski definition) is 5. The van der Waals surface area contributed by atoms with Crippen LogP contribution in [0.3, 0.4) is 0 Å². The third-order valence-corrected chi connectivity index (χ3v) is 9.76. The zero-order valence-corrected chi connectivity index (χ0v) is 24.1. The summed E-state index contributed by atoms with van der Waals surface area (Å²) in [5.74, 6) is -0.191. The van der Waals surface area contributed by atoms with Gasteiger partial charge in [0.2, 0.25) is 0 Å². The fourth-order valence-corrected chi connectivity index (χ4v) is 8.10. The number of carbonyl (C=O) groups excluding carboxylic acids is 2. The predicted molar refractivity (Wildman–Crippen MR) is 166 cm³/mol. The summed E-state index contributed by atoms with van der Waals surface area (Å²) in [6, 6.07) is 21.2. The van der Waals surface area contributed by atoms with E-state index in [1.165, 1.54) is 22.2 Å². The molecular weight excluding hydrogens is 543 g/mol. The molecule has 2 amide bonds. The number of thiocarbonyl (C=S) groups is 1. The van der Waals surface area contributed by atoms with Gasteiger partial charge in [-0.3, -0.25) is 14.5 Å². The van der Waals surface area contributed by atoms with Crippen molar-refractivity contribution in [3.05, 3.63) is 105 Å². The van der Waals surface area contributed by atoms with E-state index < -0.39 is 0 Å². The Morgan fingerprint density at radius 2 is 1.69 bits per heavy atom. The molecule has 0 atom stereocenters. The minimum atomic E-state index is -0.115. The SMILES string of the molecule is Cc1cc(/C=C2/SC(=S)N(c3ccccc3)C2=O)c(C)n1-c1sc2c(c1C(=O)Nc1ccccc1)CCCC2. The van der Waals surface area contributed by atoms with Crippen molar-refractivity contribution < 1.29 is 9.59 Å². The van der Waals surface area contributed by atoms with Crippen LogP contribution in [0.1, 0.15) is 50.6 Å². The van der Waals surface area contributed by atoms with E-state index in [9.17, 15) is 9.59 Å². The lowest BCUT2D eigenvalue weighted by Crippen LogP contribution is -2.27. The van der Waals surface area contributed by atoms with Gasteiger partial charge in [0.15, 0.2) is 4.32 Å². The summed E-state index contributed by atoms with van der Waals surface area (Å²) in [4.78, 5) is 30.5. The Morgan fingerprint density at radius 3 is 2.44 bits per heavy atom. The molecule has 4 aromatic rings. The molecule has 2 aromatic carbocycles. The van der Waals surface area contributed by atoms with Gasteiger partial charge in [0, 0.05) is 22.0 Å². The number of carbonyl (C=O) groups is 2. The maximum absolute atomic E-state index is 13.7. The van der Waals surface area contributed by atoms with Gasteiger partial charge in [0.25, 0.3) is 11.8 Å². The number of nitrogens with zero attached hydrogens (tertiary/aromatic N) is 2. The number of thiophene rings is 1. The predicted octanol–water partition coefficient (Wildman–Crippen LogP) is 7.69. The number of hydrogen-bond donors (Lipinski definition) is 1. The van der Waals surface area contributed by atoms with Crippen LogP contribution in [0.25, 0.3) is 11.1 Å². The largest absolute Gasteiger partial charge is 0.322 e. The Kier molecular flexibility index (Phi) is 7.01. The molecule has 39 heavy (non-hydrogen) atoms. The van der Waals surface area contributed by atoms with E-state index in [-0.39, 0.29) is 11.8 Å². The Morgan fingerprint density at radius 1 is 1.00 bits per heavy atom. The third kappa shape index (κ3) is 4.77. The van der Waals surface area contributed by atoms with E-state index in [1.807, 2.05) is 73.7 Å². The van der Waals surface area contributed by atoms with Gasteiger partial charge in [-0.05, 0) is 87.1 Å².